The number of ether oxygens (including phenoxy) is 4. The highest BCUT2D eigenvalue weighted by molar-refractivity contribution is 8.02. The summed E-state index contributed by atoms with van der Waals surface area (Å²) < 4.78 is 19.7. The Bertz CT molecular complexity index is 1130. The molecule has 1 saturated heterocycles. The van der Waals surface area contributed by atoms with Gasteiger partial charge in [0.1, 0.15) is 30.0 Å². The molecule has 1 aromatic rings. The van der Waals surface area contributed by atoms with Gasteiger partial charge in [0.15, 0.2) is 0 Å². The quantitative estimate of drug-likeness (QED) is 0.147. The van der Waals surface area contributed by atoms with E-state index in [1.54, 1.807) is 27.7 Å². The molecule has 0 saturated carbocycles. The fourth-order valence-corrected chi connectivity index (χ4v) is 4.76. The van der Waals surface area contributed by atoms with E-state index in [1.807, 2.05) is 0 Å². The van der Waals surface area contributed by atoms with Gasteiger partial charge in [-0.15, -0.1) is 11.8 Å². The van der Waals surface area contributed by atoms with E-state index in [1.165, 1.54) is 4.90 Å². The first kappa shape index (κ1) is 27.8. The fourth-order valence-electron chi connectivity index (χ4n) is 3.70. The summed E-state index contributed by atoms with van der Waals surface area (Å²) in [5, 5.41) is 10.8. The molecule has 1 fully saturated rings. The molecule has 3 atom stereocenters. The van der Waals surface area contributed by atoms with Gasteiger partial charge in [-0.05, 0) is 27.7 Å². The van der Waals surface area contributed by atoms with Gasteiger partial charge in [0.25, 0.3) is 0 Å². The van der Waals surface area contributed by atoms with Crippen LogP contribution < -0.4 is 0 Å². The Labute approximate surface area is 215 Å². The average molecular weight is 539 g/mol. The van der Waals surface area contributed by atoms with Crippen LogP contribution in [0.2, 0.25) is 0 Å². The fraction of sp³-hybridized carbons (Fsp3) is 0.545. The largest absolute Gasteiger partial charge is 0.508 e. The van der Waals surface area contributed by atoms with Gasteiger partial charge >= 0.3 is 23.8 Å². The summed E-state index contributed by atoms with van der Waals surface area (Å²) in [6.45, 7) is 5.85. The number of aromatic nitrogens is 2. The van der Waals surface area contributed by atoms with Crippen molar-refractivity contribution in [1.82, 2.24) is 14.9 Å². The number of hydrogen-bond acceptors (Lipinski definition) is 13. The van der Waals surface area contributed by atoms with Crippen molar-refractivity contribution in [1.29, 1.82) is 0 Å². The molecule has 200 valence electrons. The van der Waals surface area contributed by atoms with E-state index in [2.05, 4.69) is 14.7 Å². The van der Waals surface area contributed by atoms with Gasteiger partial charge in [0, 0.05) is 11.3 Å². The molecule has 15 heteroatoms. The second kappa shape index (κ2) is 11.1. The maximum absolute atomic E-state index is 13.0. The lowest BCUT2D eigenvalue weighted by Crippen LogP contribution is -2.62. The van der Waals surface area contributed by atoms with Crippen LogP contribution in [0.4, 0.5) is 10.5 Å². The maximum Gasteiger partial charge on any atom is 0.508 e. The summed E-state index contributed by atoms with van der Waals surface area (Å²) in [4.78, 5) is 69.3. The minimum atomic E-state index is -0.935. The number of methoxy groups -OCH3 is 1. The zero-order chi connectivity index (χ0) is 27.5. The van der Waals surface area contributed by atoms with E-state index >= 15 is 0 Å². The van der Waals surface area contributed by atoms with E-state index in [4.69, 9.17) is 14.2 Å². The predicted molar refractivity (Wildman–Crippen MR) is 125 cm³/mol. The van der Waals surface area contributed by atoms with Crippen molar-refractivity contribution in [2.24, 2.45) is 11.3 Å². The van der Waals surface area contributed by atoms with Gasteiger partial charge in [-0.25, -0.2) is 19.6 Å². The van der Waals surface area contributed by atoms with Crippen molar-refractivity contribution in [2.45, 2.75) is 52.0 Å². The highest BCUT2D eigenvalue weighted by Gasteiger charge is 2.58. The van der Waals surface area contributed by atoms with Crippen LogP contribution in [0.3, 0.4) is 0 Å². The standard InChI is InChI=1S/C22H26N4O10S/c1-11(36-21(30)33-5)16-13-6-14(37-9-15-23-7-12(8-24-15)26(31)32)17(25(13)18(16)27)19(28)34-10-35-20(29)22(2,3)4/h7-8,11,13,16H,6,9-10H2,1-5H3. The molecule has 1 aromatic heterocycles. The Morgan fingerprint density at radius 3 is 2.46 bits per heavy atom. The van der Waals surface area contributed by atoms with Crippen LogP contribution in [0.25, 0.3) is 0 Å². The van der Waals surface area contributed by atoms with Crippen molar-refractivity contribution >= 4 is 41.5 Å². The molecule has 0 aromatic carbocycles. The van der Waals surface area contributed by atoms with Crippen LogP contribution in [0.15, 0.2) is 23.0 Å². The third-order valence-corrected chi connectivity index (χ3v) is 6.70. The van der Waals surface area contributed by atoms with Crippen LogP contribution in [-0.2, 0) is 39.1 Å². The van der Waals surface area contributed by atoms with Crippen molar-refractivity contribution in [3.05, 3.63) is 38.9 Å². The second-order valence-electron chi connectivity index (χ2n) is 9.19. The molecule has 3 heterocycles. The SMILES string of the molecule is COC(=O)OC(C)C1C(=O)N2C(C(=O)OCOC(=O)C(C)(C)C)=C(SCc3ncc([N+](=O)[O-])cn3)CC12. The summed E-state index contributed by atoms with van der Waals surface area (Å²) in [6, 6.07) is -0.480. The Morgan fingerprint density at radius 1 is 1.24 bits per heavy atom. The molecule has 1 amide bonds. The highest BCUT2D eigenvalue weighted by Crippen LogP contribution is 2.48. The number of β-lactam (4-membered cyclic amide) rings is 1. The Hall–Kier alpha value is -3.75. The lowest BCUT2D eigenvalue weighted by atomic mass is 9.83. The summed E-state index contributed by atoms with van der Waals surface area (Å²) in [7, 11) is 1.15. The average Bonchev–Trinajstić information content (AvgIpc) is 3.16. The molecule has 2 aliphatic heterocycles. The Morgan fingerprint density at radius 2 is 1.89 bits per heavy atom. The first-order valence-corrected chi connectivity index (χ1v) is 12.1. The number of hydrogen-bond donors (Lipinski definition) is 0. The van der Waals surface area contributed by atoms with Gasteiger partial charge in [0.05, 0.1) is 35.2 Å². The van der Waals surface area contributed by atoms with Gasteiger partial charge < -0.3 is 23.8 Å². The molecule has 0 spiro atoms. The topological polar surface area (TPSA) is 177 Å². The highest BCUT2D eigenvalue weighted by atomic mass is 32.2. The van der Waals surface area contributed by atoms with Crippen LogP contribution in [0, 0.1) is 21.4 Å². The summed E-state index contributed by atoms with van der Waals surface area (Å²) in [5.74, 6) is -2.18. The number of esters is 2. The number of nitrogens with zero attached hydrogens (tertiary/aromatic N) is 4. The third kappa shape index (κ3) is 6.15. The number of carbonyl (C=O) groups excluding carboxylic acids is 4. The lowest BCUT2D eigenvalue weighted by molar-refractivity contribution is -0.385. The van der Waals surface area contributed by atoms with Crippen LogP contribution in [0.1, 0.15) is 39.9 Å². The van der Waals surface area contributed by atoms with E-state index in [0.29, 0.717) is 4.91 Å². The monoisotopic (exact) mass is 538 g/mol. The van der Waals surface area contributed by atoms with Gasteiger partial charge in [-0.1, -0.05) is 0 Å². The minimum absolute atomic E-state index is 0.0183. The molecular weight excluding hydrogens is 512 g/mol. The maximum atomic E-state index is 13.0. The molecule has 0 aliphatic carbocycles. The minimum Gasteiger partial charge on any atom is -0.438 e. The molecule has 0 radical (unpaired) electrons. The second-order valence-corrected chi connectivity index (χ2v) is 10.3. The molecule has 0 bridgehead atoms. The number of fused-ring (bicyclic) bond motifs is 1. The van der Waals surface area contributed by atoms with E-state index in [9.17, 15) is 29.3 Å². The summed E-state index contributed by atoms with van der Waals surface area (Å²) >= 11 is 1.16. The summed E-state index contributed by atoms with van der Waals surface area (Å²) in [5.41, 5.74) is -1.08. The van der Waals surface area contributed by atoms with Crippen molar-refractivity contribution in [2.75, 3.05) is 13.9 Å². The molecule has 0 N–H and O–H groups in total. The molecule has 37 heavy (non-hydrogen) atoms. The third-order valence-electron chi connectivity index (χ3n) is 5.59. The predicted octanol–water partition coefficient (Wildman–Crippen LogP) is 2.32. The molecular formula is C22H26N4O10S. The first-order valence-electron chi connectivity index (χ1n) is 11.1. The smallest absolute Gasteiger partial charge is 0.438 e. The normalized spacial score (nSPS) is 19.5. The van der Waals surface area contributed by atoms with E-state index < -0.39 is 59.2 Å². The molecule has 3 unspecified atom stereocenters. The van der Waals surface area contributed by atoms with Gasteiger partial charge in [-0.2, -0.15) is 0 Å². The molecule has 3 rings (SSSR count). The van der Waals surface area contributed by atoms with E-state index in [0.717, 1.165) is 31.3 Å². The molecule has 14 nitrogen and oxygen atoms in total. The van der Waals surface area contributed by atoms with Crippen molar-refractivity contribution in [3.8, 4) is 0 Å². The molecule has 2 aliphatic rings. The van der Waals surface area contributed by atoms with Crippen LogP contribution in [0.5, 0.6) is 0 Å². The number of rotatable bonds is 9. The first-order chi connectivity index (χ1) is 17.3. The summed E-state index contributed by atoms with van der Waals surface area (Å²) in [6.07, 6.45) is 0.658. The Balaban J connectivity index is 1.76. The Kier molecular flexibility index (Phi) is 8.35. The van der Waals surface area contributed by atoms with Crippen molar-refractivity contribution < 1.29 is 43.0 Å². The number of amides is 1. The zero-order valence-corrected chi connectivity index (χ0v) is 21.6. The van der Waals surface area contributed by atoms with Gasteiger partial charge in [-0.3, -0.25) is 19.7 Å². The number of nitro groups is 1. The van der Waals surface area contributed by atoms with Crippen molar-refractivity contribution in [3.63, 3.8) is 0 Å². The van der Waals surface area contributed by atoms with E-state index in [-0.39, 0.29) is 29.4 Å². The van der Waals surface area contributed by atoms with Gasteiger partial charge in [0.2, 0.25) is 12.7 Å². The number of carbonyl (C=O) groups is 4. The van der Waals surface area contributed by atoms with Crippen LogP contribution in [-0.4, -0.2) is 69.8 Å². The zero-order valence-electron chi connectivity index (χ0n) is 20.8. The number of thioether (sulfide) groups is 1. The lowest BCUT2D eigenvalue weighted by Gasteiger charge is -2.45. The van der Waals surface area contributed by atoms with Crippen LogP contribution >= 0.6 is 11.8 Å².